The van der Waals surface area contributed by atoms with Gasteiger partial charge in [-0.2, -0.15) is 13.2 Å². The second kappa shape index (κ2) is 5.97. The second-order valence-corrected chi connectivity index (χ2v) is 4.39. The number of carbonyl (C=O) groups is 3. The molecular formula is C15H9F3O4. The van der Waals surface area contributed by atoms with Gasteiger partial charge in [-0.1, -0.05) is 12.1 Å². The van der Waals surface area contributed by atoms with E-state index in [-0.39, 0.29) is 5.57 Å². The molecular weight excluding hydrogens is 301 g/mol. The zero-order chi connectivity index (χ0) is 16.3. The summed E-state index contributed by atoms with van der Waals surface area (Å²) >= 11 is 0. The van der Waals surface area contributed by atoms with Gasteiger partial charge >= 0.3 is 12.1 Å². The highest BCUT2D eigenvalue weighted by Crippen LogP contribution is 2.32. The Morgan fingerprint density at radius 2 is 1.77 bits per heavy atom. The van der Waals surface area contributed by atoms with Crippen LogP contribution in [0.5, 0.6) is 0 Å². The third-order valence-corrected chi connectivity index (χ3v) is 2.84. The molecule has 0 spiro atoms. The highest BCUT2D eigenvalue weighted by molar-refractivity contribution is 6.17. The van der Waals surface area contributed by atoms with Gasteiger partial charge in [-0.25, -0.2) is 4.79 Å². The molecule has 1 aromatic rings. The Morgan fingerprint density at radius 1 is 1.09 bits per heavy atom. The van der Waals surface area contributed by atoms with Gasteiger partial charge in [0.1, 0.15) is 6.61 Å². The Labute approximate surface area is 122 Å². The number of carbonyl (C=O) groups excluding carboxylic acids is 3. The number of ether oxygens (including phenoxy) is 1. The maximum absolute atomic E-state index is 12.8. The van der Waals surface area contributed by atoms with Gasteiger partial charge in [-0.15, -0.1) is 0 Å². The van der Waals surface area contributed by atoms with Crippen LogP contribution in [0.2, 0.25) is 0 Å². The van der Waals surface area contributed by atoms with Crippen LogP contribution < -0.4 is 0 Å². The van der Waals surface area contributed by atoms with Crippen molar-refractivity contribution in [2.75, 3.05) is 6.61 Å². The summed E-state index contributed by atoms with van der Waals surface area (Å²) in [5.74, 6) is -2.21. The molecule has 22 heavy (non-hydrogen) atoms. The summed E-state index contributed by atoms with van der Waals surface area (Å²) < 4.78 is 43.1. The average molecular weight is 310 g/mol. The molecule has 2 rings (SSSR count). The Morgan fingerprint density at radius 3 is 2.45 bits per heavy atom. The summed E-state index contributed by atoms with van der Waals surface area (Å²) in [6, 6.07) is 4.15. The maximum atomic E-state index is 12.8. The standard InChI is InChI=1S/C15H9F3O4/c16-15(17,18)12-4-2-1-3-11(12)14(21)22-8-9-7-10(19)5-6-13(9)20/h1-7H,8H2. The summed E-state index contributed by atoms with van der Waals surface area (Å²) in [6.07, 6.45) is -1.67. The lowest BCUT2D eigenvalue weighted by Gasteiger charge is -2.13. The maximum Gasteiger partial charge on any atom is 0.417 e. The molecule has 1 aromatic carbocycles. The predicted molar refractivity (Wildman–Crippen MR) is 69.0 cm³/mol. The highest BCUT2D eigenvalue weighted by Gasteiger charge is 2.35. The molecule has 0 saturated heterocycles. The van der Waals surface area contributed by atoms with Crippen LogP contribution >= 0.6 is 0 Å². The van der Waals surface area contributed by atoms with Crippen molar-refractivity contribution in [2.45, 2.75) is 6.18 Å². The van der Waals surface area contributed by atoms with Gasteiger partial charge in [-0.3, -0.25) is 9.59 Å². The topological polar surface area (TPSA) is 60.4 Å². The van der Waals surface area contributed by atoms with Gasteiger partial charge in [0.15, 0.2) is 11.6 Å². The van der Waals surface area contributed by atoms with E-state index in [4.69, 9.17) is 4.74 Å². The Balaban J connectivity index is 2.14. The van der Waals surface area contributed by atoms with Crippen molar-refractivity contribution in [2.24, 2.45) is 0 Å². The average Bonchev–Trinajstić information content (AvgIpc) is 2.47. The lowest BCUT2D eigenvalue weighted by molar-refractivity contribution is -0.138. The van der Waals surface area contributed by atoms with Crippen molar-refractivity contribution in [1.29, 1.82) is 0 Å². The van der Waals surface area contributed by atoms with Crippen LogP contribution in [0.15, 0.2) is 48.1 Å². The molecule has 0 atom stereocenters. The first-order chi connectivity index (χ1) is 10.3. The number of hydrogen-bond acceptors (Lipinski definition) is 4. The second-order valence-electron chi connectivity index (χ2n) is 4.39. The third-order valence-electron chi connectivity index (χ3n) is 2.84. The lowest BCUT2D eigenvalue weighted by Crippen LogP contribution is -2.18. The number of halogens is 3. The minimum atomic E-state index is -4.70. The number of benzene rings is 1. The number of ketones is 2. The van der Waals surface area contributed by atoms with E-state index in [0.29, 0.717) is 0 Å². The zero-order valence-corrected chi connectivity index (χ0v) is 11.0. The number of allylic oxidation sites excluding steroid dienone is 3. The Bertz CT molecular complexity index is 699. The molecule has 0 unspecified atom stereocenters. The van der Waals surface area contributed by atoms with E-state index in [9.17, 15) is 27.6 Å². The monoisotopic (exact) mass is 310 g/mol. The van der Waals surface area contributed by atoms with Gasteiger partial charge in [0.2, 0.25) is 0 Å². The summed E-state index contributed by atoms with van der Waals surface area (Å²) in [7, 11) is 0. The van der Waals surface area contributed by atoms with E-state index in [0.717, 1.165) is 36.4 Å². The van der Waals surface area contributed by atoms with Crippen LogP contribution in [0.1, 0.15) is 15.9 Å². The highest BCUT2D eigenvalue weighted by atomic mass is 19.4. The van der Waals surface area contributed by atoms with Crippen LogP contribution in [0, 0.1) is 0 Å². The van der Waals surface area contributed by atoms with E-state index >= 15 is 0 Å². The zero-order valence-electron chi connectivity index (χ0n) is 11.0. The minimum Gasteiger partial charge on any atom is -0.457 e. The fourth-order valence-electron chi connectivity index (χ4n) is 1.80. The summed E-state index contributed by atoms with van der Waals surface area (Å²) in [6.45, 7) is -0.570. The molecule has 0 saturated carbocycles. The van der Waals surface area contributed by atoms with Crippen molar-refractivity contribution in [3.8, 4) is 0 Å². The molecule has 0 aliphatic heterocycles. The number of rotatable bonds is 3. The first-order valence-electron chi connectivity index (χ1n) is 6.09. The molecule has 0 amide bonds. The first kappa shape index (κ1) is 15.7. The molecule has 1 aliphatic carbocycles. The van der Waals surface area contributed by atoms with Crippen LogP contribution in [-0.4, -0.2) is 24.1 Å². The SMILES string of the molecule is O=C1C=CC(=O)C(COC(=O)c2ccccc2C(F)(F)F)=C1. The van der Waals surface area contributed by atoms with E-state index < -0.39 is 41.4 Å². The molecule has 4 nitrogen and oxygen atoms in total. The van der Waals surface area contributed by atoms with E-state index in [1.807, 2.05) is 0 Å². The van der Waals surface area contributed by atoms with Crippen LogP contribution in [-0.2, 0) is 20.5 Å². The Kier molecular flexibility index (Phi) is 4.25. The molecule has 0 fully saturated rings. The molecule has 114 valence electrons. The van der Waals surface area contributed by atoms with E-state index in [1.165, 1.54) is 6.07 Å². The van der Waals surface area contributed by atoms with Gasteiger partial charge in [0.05, 0.1) is 11.1 Å². The third kappa shape index (κ3) is 3.49. The number of hydrogen-bond donors (Lipinski definition) is 0. The Hall–Kier alpha value is -2.70. The largest absolute Gasteiger partial charge is 0.457 e. The predicted octanol–water partition coefficient (Wildman–Crippen LogP) is 2.50. The molecule has 0 bridgehead atoms. The van der Waals surface area contributed by atoms with Crippen LogP contribution in [0.25, 0.3) is 0 Å². The number of alkyl halides is 3. The first-order valence-corrected chi connectivity index (χ1v) is 6.09. The molecule has 0 N–H and O–H groups in total. The smallest absolute Gasteiger partial charge is 0.417 e. The van der Waals surface area contributed by atoms with Crippen molar-refractivity contribution in [3.63, 3.8) is 0 Å². The number of esters is 1. The fraction of sp³-hybridized carbons (Fsp3) is 0.133. The lowest BCUT2D eigenvalue weighted by atomic mass is 10.0. The molecule has 1 aliphatic rings. The summed E-state index contributed by atoms with van der Waals surface area (Å²) in [4.78, 5) is 34.3. The van der Waals surface area contributed by atoms with Crippen molar-refractivity contribution < 1.29 is 32.3 Å². The van der Waals surface area contributed by atoms with Crippen molar-refractivity contribution in [1.82, 2.24) is 0 Å². The van der Waals surface area contributed by atoms with Gasteiger partial charge in [0, 0.05) is 5.57 Å². The van der Waals surface area contributed by atoms with Crippen molar-refractivity contribution in [3.05, 3.63) is 59.2 Å². The van der Waals surface area contributed by atoms with Crippen molar-refractivity contribution >= 4 is 17.5 Å². The quantitative estimate of drug-likeness (QED) is 0.636. The van der Waals surface area contributed by atoms with E-state index in [1.54, 1.807) is 0 Å². The van der Waals surface area contributed by atoms with E-state index in [2.05, 4.69) is 0 Å². The molecule has 7 heteroatoms. The van der Waals surface area contributed by atoms with Gasteiger partial charge < -0.3 is 4.74 Å². The molecule has 0 heterocycles. The van der Waals surface area contributed by atoms with Crippen LogP contribution in [0.4, 0.5) is 13.2 Å². The summed E-state index contributed by atoms with van der Waals surface area (Å²) in [5.41, 5.74) is -1.87. The minimum absolute atomic E-state index is 0.0923. The van der Waals surface area contributed by atoms with Crippen LogP contribution in [0.3, 0.4) is 0 Å². The van der Waals surface area contributed by atoms with Gasteiger partial charge in [-0.05, 0) is 30.4 Å². The normalized spacial score (nSPS) is 14.8. The molecule has 0 radical (unpaired) electrons. The van der Waals surface area contributed by atoms with Gasteiger partial charge in [0.25, 0.3) is 0 Å². The summed E-state index contributed by atoms with van der Waals surface area (Å²) in [5, 5.41) is 0. The molecule has 0 aromatic heterocycles. The fourth-order valence-corrected chi connectivity index (χ4v) is 1.80.